The van der Waals surface area contributed by atoms with Crippen molar-refractivity contribution in [2.45, 2.75) is 13.8 Å². The predicted octanol–water partition coefficient (Wildman–Crippen LogP) is 1.72. The fourth-order valence-electron chi connectivity index (χ4n) is 1.11. The second-order valence-electron chi connectivity index (χ2n) is 2.93. The zero-order chi connectivity index (χ0) is 9.26. The third kappa shape index (κ3) is 2.08. The number of hydrogen-bond donors (Lipinski definition) is 0. The summed E-state index contributed by atoms with van der Waals surface area (Å²) >= 11 is 0. The Balaban J connectivity index is 0.000000980. The molecule has 0 bridgehead atoms. The van der Waals surface area contributed by atoms with Crippen LogP contribution in [0.3, 0.4) is 0 Å². The van der Waals surface area contributed by atoms with E-state index in [1.54, 1.807) is 6.20 Å². The summed E-state index contributed by atoms with van der Waals surface area (Å²) in [4.78, 5) is 12.8. The summed E-state index contributed by atoms with van der Waals surface area (Å²) in [6, 6.07) is 5.73. The van der Waals surface area contributed by atoms with Gasteiger partial charge in [0.2, 0.25) is 0 Å². The zero-order valence-corrected chi connectivity index (χ0v) is 10.4. The molecule has 2 aromatic rings. The van der Waals surface area contributed by atoms with E-state index in [4.69, 9.17) is 0 Å². The molecule has 1 radical (unpaired) electrons. The van der Waals surface area contributed by atoms with Crippen molar-refractivity contribution in [2.75, 3.05) is 0 Å². The fourth-order valence-corrected chi connectivity index (χ4v) is 1.11. The monoisotopic (exact) mass is 365 g/mol. The quantitative estimate of drug-likeness (QED) is 0.774. The van der Waals surface area contributed by atoms with Crippen molar-refractivity contribution in [3.05, 3.63) is 35.8 Å². The molecule has 0 amide bonds. The third-order valence-electron chi connectivity index (χ3n) is 1.96. The molecule has 3 nitrogen and oxygen atoms in total. The molecule has 0 aliphatic rings. The van der Waals surface area contributed by atoms with E-state index >= 15 is 0 Å². The minimum atomic E-state index is 0. The van der Waals surface area contributed by atoms with Gasteiger partial charge in [-0.05, 0) is 31.8 Å². The van der Waals surface area contributed by atoms with E-state index in [-0.39, 0.29) is 20.1 Å². The van der Waals surface area contributed by atoms with Gasteiger partial charge in [0.05, 0.1) is 5.69 Å². The van der Waals surface area contributed by atoms with E-state index in [0.717, 1.165) is 22.9 Å². The third-order valence-corrected chi connectivity index (χ3v) is 1.96. The Kier molecular flexibility index (Phi) is 3.55. The number of nitrogens with zero attached hydrogens (tertiary/aromatic N) is 3. The molecule has 2 aromatic heterocycles. The molecule has 0 saturated heterocycles. The molecular weight excluding hydrogens is 354 g/mol. The molecule has 2 rings (SSSR count). The zero-order valence-electron chi connectivity index (χ0n) is 7.98. The SMILES string of the molecule is Cc1nc(-c2ccccn2)[n-]c1C.[Ir]. The van der Waals surface area contributed by atoms with Crippen molar-refractivity contribution in [1.82, 2.24) is 15.0 Å². The van der Waals surface area contributed by atoms with Crippen LogP contribution < -0.4 is 4.98 Å². The van der Waals surface area contributed by atoms with Gasteiger partial charge >= 0.3 is 0 Å². The maximum Gasteiger partial charge on any atom is 0.0620 e. The first kappa shape index (κ1) is 11.1. The number of rotatable bonds is 1. The van der Waals surface area contributed by atoms with Gasteiger partial charge in [-0.1, -0.05) is 17.5 Å². The molecule has 0 N–H and O–H groups in total. The first-order valence-corrected chi connectivity index (χ1v) is 4.16. The summed E-state index contributed by atoms with van der Waals surface area (Å²) < 4.78 is 0. The van der Waals surface area contributed by atoms with Crippen LogP contribution >= 0.6 is 0 Å². The van der Waals surface area contributed by atoms with Gasteiger partial charge in [-0.3, -0.25) is 4.98 Å². The van der Waals surface area contributed by atoms with Crippen molar-refractivity contribution in [3.63, 3.8) is 0 Å². The van der Waals surface area contributed by atoms with Crippen LogP contribution in [-0.4, -0.2) is 9.97 Å². The van der Waals surface area contributed by atoms with Crippen LogP contribution in [0.1, 0.15) is 11.4 Å². The number of imidazole rings is 1. The van der Waals surface area contributed by atoms with Gasteiger partial charge in [-0.25, -0.2) is 0 Å². The summed E-state index contributed by atoms with van der Waals surface area (Å²) in [6.45, 7) is 3.91. The van der Waals surface area contributed by atoms with Crippen molar-refractivity contribution >= 4 is 0 Å². The average molecular weight is 364 g/mol. The largest absolute Gasteiger partial charge is 0.438 e. The molecule has 4 heteroatoms. The molecule has 75 valence electrons. The summed E-state index contributed by atoms with van der Waals surface area (Å²) in [5, 5.41) is 0. The van der Waals surface area contributed by atoms with Gasteiger partial charge in [0, 0.05) is 26.3 Å². The van der Waals surface area contributed by atoms with E-state index in [2.05, 4.69) is 15.0 Å². The van der Waals surface area contributed by atoms with E-state index in [9.17, 15) is 0 Å². The first-order chi connectivity index (χ1) is 6.27. The van der Waals surface area contributed by atoms with E-state index in [1.807, 2.05) is 32.0 Å². The Hall–Kier alpha value is -0.991. The van der Waals surface area contributed by atoms with Crippen molar-refractivity contribution in [2.24, 2.45) is 0 Å². The molecule has 0 aromatic carbocycles. The molecule has 0 aliphatic heterocycles. The Morgan fingerprint density at radius 2 is 2.00 bits per heavy atom. The van der Waals surface area contributed by atoms with Gasteiger partial charge in [-0.2, -0.15) is 0 Å². The Bertz CT molecular complexity index is 389. The molecule has 0 saturated carbocycles. The van der Waals surface area contributed by atoms with E-state index in [1.165, 1.54) is 0 Å². The summed E-state index contributed by atoms with van der Waals surface area (Å²) in [5.74, 6) is 0.718. The van der Waals surface area contributed by atoms with Gasteiger partial charge in [0.1, 0.15) is 0 Å². The minimum Gasteiger partial charge on any atom is -0.438 e. The fraction of sp³-hybridized carbons (Fsp3) is 0.200. The number of pyridine rings is 1. The van der Waals surface area contributed by atoms with Crippen LogP contribution in [0.2, 0.25) is 0 Å². The van der Waals surface area contributed by atoms with Gasteiger partial charge in [0.15, 0.2) is 0 Å². The molecule has 0 fully saturated rings. The minimum absolute atomic E-state index is 0. The van der Waals surface area contributed by atoms with Crippen LogP contribution in [0.4, 0.5) is 0 Å². The van der Waals surface area contributed by atoms with Gasteiger partial charge < -0.3 is 9.97 Å². The molecular formula is C10H10IrN3-. The van der Waals surface area contributed by atoms with Crippen LogP contribution in [0.25, 0.3) is 11.5 Å². The summed E-state index contributed by atoms with van der Waals surface area (Å²) in [6.07, 6.45) is 1.75. The maximum absolute atomic E-state index is 4.31. The second-order valence-corrected chi connectivity index (χ2v) is 2.93. The summed E-state index contributed by atoms with van der Waals surface area (Å²) in [7, 11) is 0. The van der Waals surface area contributed by atoms with Crippen LogP contribution in [-0.2, 0) is 20.1 Å². The molecule has 0 unspecified atom stereocenters. The molecule has 2 heterocycles. The van der Waals surface area contributed by atoms with Crippen molar-refractivity contribution in [3.8, 4) is 11.5 Å². The Labute approximate surface area is 96.3 Å². The standard InChI is InChI=1S/C10H10N3.Ir/c1-7-8(2)13-10(12-7)9-5-3-4-6-11-9;/h3-6H,1-2H3;/q-1;. The summed E-state index contributed by atoms with van der Waals surface area (Å²) in [5.41, 5.74) is 2.78. The van der Waals surface area contributed by atoms with Gasteiger partial charge in [-0.15, -0.1) is 0 Å². The Morgan fingerprint density at radius 1 is 1.21 bits per heavy atom. The van der Waals surface area contributed by atoms with Crippen molar-refractivity contribution in [1.29, 1.82) is 0 Å². The predicted molar refractivity (Wildman–Crippen MR) is 50.3 cm³/mol. The van der Waals surface area contributed by atoms with Crippen LogP contribution in [0.5, 0.6) is 0 Å². The second kappa shape index (κ2) is 4.49. The van der Waals surface area contributed by atoms with E-state index in [0.29, 0.717) is 0 Å². The van der Waals surface area contributed by atoms with Crippen LogP contribution in [0, 0.1) is 13.8 Å². The smallest absolute Gasteiger partial charge is 0.0620 e. The number of aromatic nitrogens is 3. The maximum atomic E-state index is 4.31. The molecule has 0 atom stereocenters. The molecule has 14 heavy (non-hydrogen) atoms. The first-order valence-electron chi connectivity index (χ1n) is 4.16. The Morgan fingerprint density at radius 3 is 2.50 bits per heavy atom. The van der Waals surface area contributed by atoms with Crippen molar-refractivity contribution < 1.29 is 20.1 Å². The normalized spacial score (nSPS) is 9.57. The topological polar surface area (TPSA) is 39.9 Å². The number of aryl methyl sites for hydroxylation is 2. The average Bonchev–Trinajstić information content (AvgIpc) is 2.49. The molecule has 0 spiro atoms. The van der Waals surface area contributed by atoms with Gasteiger partial charge in [0.25, 0.3) is 0 Å². The van der Waals surface area contributed by atoms with Crippen LogP contribution in [0.15, 0.2) is 24.4 Å². The van der Waals surface area contributed by atoms with E-state index < -0.39 is 0 Å². The molecule has 0 aliphatic carbocycles. The number of hydrogen-bond acceptors (Lipinski definition) is 2.